The molecule has 0 saturated heterocycles. The molecule has 114 valence electrons. The Balaban J connectivity index is 2.80. The van der Waals surface area contributed by atoms with Gasteiger partial charge in [-0.1, -0.05) is 6.07 Å². The molecule has 2 rings (SSSR count). The van der Waals surface area contributed by atoms with Crippen LogP contribution in [0.5, 0.6) is 0 Å². The van der Waals surface area contributed by atoms with Gasteiger partial charge in [-0.3, -0.25) is 9.36 Å². The lowest BCUT2D eigenvalue weighted by Gasteiger charge is -2.14. The van der Waals surface area contributed by atoms with Gasteiger partial charge in [0.1, 0.15) is 0 Å². The summed E-state index contributed by atoms with van der Waals surface area (Å²) in [5.41, 5.74) is -2.84. The Morgan fingerprint density at radius 1 is 1.33 bits per heavy atom. The Bertz CT molecular complexity index is 777. The van der Waals surface area contributed by atoms with E-state index in [9.17, 15) is 22.8 Å². The molecule has 5 nitrogen and oxygen atoms in total. The maximum atomic E-state index is 13.0. The van der Waals surface area contributed by atoms with E-state index >= 15 is 0 Å². The first kappa shape index (κ1) is 15.3. The highest BCUT2D eigenvalue weighted by Gasteiger charge is 2.34. The zero-order valence-electron chi connectivity index (χ0n) is 11.4. The molecule has 0 amide bonds. The molecule has 8 heteroatoms. The minimum absolute atomic E-state index is 0.0210. The van der Waals surface area contributed by atoms with Crippen molar-refractivity contribution in [1.82, 2.24) is 14.9 Å². The number of hydrogen-bond donors (Lipinski definition) is 2. The first-order valence-electron chi connectivity index (χ1n) is 6.26. The van der Waals surface area contributed by atoms with Gasteiger partial charge in [-0.15, -0.1) is 0 Å². The van der Waals surface area contributed by atoms with Gasteiger partial charge >= 0.3 is 11.9 Å². The molecule has 2 N–H and O–H groups in total. The number of nitrogens with zero attached hydrogens (tertiary/aromatic N) is 1. The number of halogens is 3. The smallest absolute Gasteiger partial charge is 0.315 e. The van der Waals surface area contributed by atoms with E-state index in [4.69, 9.17) is 0 Å². The summed E-state index contributed by atoms with van der Waals surface area (Å²) in [7, 11) is 1.63. The summed E-state index contributed by atoms with van der Waals surface area (Å²) in [6, 6.07) is 3.02. The number of hydrogen-bond acceptors (Lipinski definition) is 3. The molecule has 0 spiro atoms. The SMILES string of the molecule is CNC(C)Cn1c(=O)[nH]c2cccc(C(F)(F)F)c2c1=O. The Hall–Kier alpha value is -2.09. The van der Waals surface area contributed by atoms with Gasteiger partial charge in [0.25, 0.3) is 5.56 Å². The third-order valence-electron chi connectivity index (χ3n) is 3.26. The number of aromatic amines is 1. The second kappa shape index (κ2) is 5.36. The second-order valence-electron chi connectivity index (χ2n) is 4.76. The standard InChI is InChI=1S/C13H14F3N3O2/c1-7(17-2)6-19-11(20)10-8(13(14,15)16)4-3-5-9(10)18-12(19)21/h3-5,7,17H,6H2,1-2H3,(H,18,21). The topological polar surface area (TPSA) is 66.9 Å². The first-order valence-corrected chi connectivity index (χ1v) is 6.26. The summed E-state index contributed by atoms with van der Waals surface area (Å²) in [6.45, 7) is 1.69. The van der Waals surface area contributed by atoms with E-state index in [1.54, 1.807) is 14.0 Å². The molecule has 0 radical (unpaired) electrons. The Labute approximate surface area is 117 Å². The average molecular weight is 301 g/mol. The van der Waals surface area contributed by atoms with Crippen LogP contribution in [0.25, 0.3) is 10.9 Å². The first-order chi connectivity index (χ1) is 9.75. The monoisotopic (exact) mass is 301 g/mol. The van der Waals surface area contributed by atoms with E-state index in [-0.39, 0.29) is 18.1 Å². The average Bonchev–Trinajstić information content (AvgIpc) is 2.41. The van der Waals surface area contributed by atoms with Crippen LogP contribution in [0.15, 0.2) is 27.8 Å². The second-order valence-corrected chi connectivity index (χ2v) is 4.76. The number of fused-ring (bicyclic) bond motifs is 1. The quantitative estimate of drug-likeness (QED) is 0.898. The number of benzene rings is 1. The molecule has 2 aromatic rings. The number of H-pyrrole nitrogens is 1. The predicted octanol–water partition coefficient (Wildman–Crippen LogP) is 1.32. The molecule has 1 unspecified atom stereocenters. The summed E-state index contributed by atoms with van der Waals surface area (Å²) in [5.74, 6) is 0. The van der Waals surface area contributed by atoms with Crippen molar-refractivity contribution >= 4 is 10.9 Å². The Morgan fingerprint density at radius 3 is 2.57 bits per heavy atom. The van der Waals surface area contributed by atoms with Gasteiger partial charge in [-0.2, -0.15) is 13.2 Å². The fourth-order valence-corrected chi connectivity index (χ4v) is 2.06. The van der Waals surface area contributed by atoms with Crippen molar-refractivity contribution in [2.45, 2.75) is 25.7 Å². The molecule has 0 aliphatic heterocycles. The van der Waals surface area contributed by atoms with Crippen molar-refractivity contribution in [3.8, 4) is 0 Å². The van der Waals surface area contributed by atoms with Crippen molar-refractivity contribution < 1.29 is 13.2 Å². The molecule has 0 bridgehead atoms. The summed E-state index contributed by atoms with van der Waals surface area (Å²) in [4.78, 5) is 26.5. The Morgan fingerprint density at radius 2 is 2.00 bits per heavy atom. The molecule has 1 aromatic carbocycles. The van der Waals surface area contributed by atoms with Gasteiger partial charge in [0, 0.05) is 12.6 Å². The lowest BCUT2D eigenvalue weighted by atomic mass is 10.1. The zero-order chi connectivity index (χ0) is 15.8. The van der Waals surface area contributed by atoms with Crippen molar-refractivity contribution in [2.24, 2.45) is 0 Å². The van der Waals surface area contributed by atoms with Crippen LogP contribution in [-0.2, 0) is 12.7 Å². The normalized spacial score (nSPS) is 13.6. The summed E-state index contributed by atoms with van der Waals surface area (Å²) >= 11 is 0. The van der Waals surface area contributed by atoms with E-state index in [2.05, 4.69) is 10.3 Å². The number of nitrogens with one attached hydrogen (secondary N) is 2. The van der Waals surface area contributed by atoms with Gasteiger partial charge in [0.05, 0.1) is 16.5 Å². The molecule has 0 saturated carbocycles. The van der Waals surface area contributed by atoms with E-state index in [1.165, 1.54) is 6.07 Å². The van der Waals surface area contributed by atoms with E-state index in [1.807, 2.05) is 0 Å². The van der Waals surface area contributed by atoms with Crippen LogP contribution >= 0.6 is 0 Å². The highest BCUT2D eigenvalue weighted by Crippen LogP contribution is 2.32. The van der Waals surface area contributed by atoms with E-state index in [0.717, 1.165) is 16.7 Å². The molecule has 0 fully saturated rings. The highest BCUT2D eigenvalue weighted by molar-refractivity contribution is 5.81. The maximum absolute atomic E-state index is 13.0. The molecule has 0 aliphatic rings. The molecule has 1 heterocycles. The van der Waals surface area contributed by atoms with Crippen LogP contribution in [0.2, 0.25) is 0 Å². The van der Waals surface area contributed by atoms with Gasteiger partial charge in [-0.25, -0.2) is 4.79 Å². The molecular weight excluding hydrogens is 287 g/mol. The maximum Gasteiger partial charge on any atom is 0.417 e. The minimum atomic E-state index is -4.66. The number of likely N-dealkylation sites (N-methyl/N-ethyl adjacent to an activating group) is 1. The third kappa shape index (κ3) is 2.85. The van der Waals surface area contributed by atoms with Crippen LogP contribution in [0.1, 0.15) is 12.5 Å². The zero-order valence-corrected chi connectivity index (χ0v) is 11.4. The molecule has 1 aromatic heterocycles. The van der Waals surface area contributed by atoms with Crippen LogP contribution in [-0.4, -0.2) is 22.6 Å². The molecule has 21 heavy (non-hydrogen) atoms. The van der Waals surface area contributed by atoms with Crippen molar-refractivity contribution in [3.63, 3.8) is 0 Å². The number of alkyl halides is 3. The van der Waals surface area contributed by atoms with Crippen LogP contribution in [0.4, 0.5) is 13.2 Å². The van der Waals surface area contributed by atoms with Gasteiger partial charge in [-0.05, 0) is 26.1 Å². The lowest BCUT2D eigenvalue weighted by Crippen LogP contribution is -2.41. The number of rotatable bonds is 3. The van der Waals surface area contributed by atoms with E-state index in [0.29, 0.717) is 0 Å². The Kier molecular flexibility index (Phi) is 3.91. The van der Waals surface area contributed by atoms with E-state index < -0.39 is 28.4 Å². The van der Waals surface area contributed by atoms with Gasteiger partial charge in [0.15, 0.2) is 0 Å². The lowest BCUT2D eigenvalue weighted by molar-refractivity contribution is -0.136. The summed E-state index contributed by atoms with van der Waals surface area (Å²) in [6.07, 6.45) is -4.66. The summed E-state index contributed by atoms with van der Waals surface area (Å²) in [5, 5.41) is 2.31. The molecular formula is C13H14F3N3O2. The number of aromatic nitrogens is 2. The third-order valence-corrected chi connectivity index (χ3v) is 3.26. The predicted molar refractivity (Wildman–Crippen MR) is 72.4 cm³/mol. The fraction of sp³-hybridized carbons (Fsp3) is 0.385. The minimum Gasteiger partial charge on any atom is -0.315 e. The summed E-state index contributed by atoms with van der Waals surface area (Å²) < 4.78 is 39.8. The molecule has 1 atom stereocenters. The van der Waals surface area contributed by atoms with Crippen molar-refractivity contribution in [2.75, 3.05) is 7.05 Å². The van der Waals surface area contributed by atoms with Gasteiger partial charge < -0.3 is 10.3 Å². The van der Waals surface area contributed by atoms with Gasteiger partial charge in [0.2, 0.25) is 0 Å². The van der Waals surface area contributed by atoms with Crippen LogP contribution in [0.3, 0.4) is 0 Å². The largest absolute Gasteiger partial charge is 0.417 e. The van der Waals surface area contributed by atoms with Crippen molar-refractivity contribution in [1.29, 1.82) is 0 Å². The fourth-order valence-electron chi connectivity index (χ4n) is 2.06. The van der Waals surface area contributed by atoms with Crippen LogP contribution < -0.4 is 16.6 Å². The van der Waals surface area contributed by atoms with Crippen LogP contribution in [0, 0.1) is 0 Å². The van der Waals surface area contributed by atoms with Crippen molar-refractivity contribution in [3.05, 3.63) is 44.6 Å². The highest BCUT2D eigenvalue weighted by atomic mass is 19.4. The molecule has 0 aliphatic carbocycles.